The van der Waals surface area contributed by atoms with Crippen LogP contribution in [0.3, 0.4) is 0 Å². The lowest BCUT2D eigenvalue weighted by molar-refractivity contribution is -0.167. The summed E-state index contributed by atoms with van der Waals surface area (Å²) in [7, 11) is 0. The zero-order chi connectivity index (χ0) is 50.7. The van der Waals surface area contributed by atoms with Crippen LogP contribution in [-0.4, -0.2) is 37.2 Å². The van der Waals surface area contributed by atoms with Gasteiger partial charge in [-0.15, -0.1) is 0 Å². The van der Waals surface area contributed by atoms with Crippen LogP contribution in [0.4, 0.5) is 0 Å². The molecule has 0 saturated heterocycles. The van der Waals surface area contributed by atoms with Gasteiger partial charge in [0.2, 0.25) is 0 Å². The highest BCUT2D eigenvalue weighted by atomic mass is 16.6. The molecule has 0 radical (unpaired) electrons. The monoisotopic (exact) mass is 981 g/mol. The van der Waals surface area contributed by atoms with Crippen molar-refractivity contribution in [2.24, 2.45) is 0 Å². The summed E-state index contributed by atoms with van der Waals surface area (Å²) in [6, 6.07) is 0. The second-order valence-corrected chi connectivity index (χ2v) is 20.6. The van der Waals surface area contributed by atoms with E-state index in [1.807, 2.05) is 0 Å². The minimum absolute atomic E-state index is 0.0786. The molecule has 0 aliphatic rings. The molecular formula is C64H116O6. The number of allylic oxidation sites excluding steroid dienone is 8. The smallest absolute Gasteiger partial charge is 0.306 e. The Hall–Kier alpha value is -2.63. The first-order valence-corrected chi connectivity index (χ1v) is 30.6. The predicted octanol–water partition coefficient (Wildman–Crippen LogP) is 20.6. The molecule has 0 spiro atoms. The number of hydrogen-bond acceptors (Lipinski definition) is 6. The van der Waals surface area contributed by atoms with Crippen LogP contribution in [0.25, 0.3) is 0 Å². The summed E-state index contributed by atoms with van der Waals surface area (Å²) in [4.78, 5) is 38.2. The Labute approximate surface area is 435 Å². The van der Waals surface area contributed by atoms with Gasteiger partial charge in [-0.1, -0.05) is 288 Å². The molecule has 0 aromatic heterocycles. The van der Waals surface area contributed by atoms with Crippen LogP contribution in [0, 0.1) is 0 Å². The van der Waals surface area contributed by atoms with Crippen molar-refractivity contribution in [3.63, 3.8) is 0 Å². The summed E-state index contributed by atoms with van der Waals surface area (Å²) in [6.07, 6.45) is 72.5. The van der Waals surface area contributed by atoms with Gasteiger partial charge in [0.25, 0.3) is 0 Å². The van der Waals surface area contributed by atoms with Crippen LogP contribution < -0.4 is 0 Å². The van der Waals surface area contributed by atoms with E-state index in [4.69, 9.17) is 14.2 Å². The lowest BCUT2D eigenvalue weighted by atomic mass is 10.0. The van der Waals surface area contributed by atoms with Gasteiger partial charge in [0.1, 0.15) is 13.2 Å². The van der Waals surface area contributed by atoms with E-state index in [1.54, 1.807) is 0 Å². The average molecular weight is 982 g/mol. The van der Waals surface area contributed by atoms with Gasteiger partial charge >= 0.3 is 17.9 Å². The number of carbonyl (C=O) groups is 3. The Kier molecular flexibility index (Phi) is 56.7. The molecule has 0 N–H and O–H groups in total. The van der Waals surface area contributed by atoms with Crippen molar-refractivity contribution < 1.29 is 28.6 Å². The molecule has 0 aromatic rings. The molecular weight excluding hydrogens is 865 g/mol. The van der Waals surface area contributed by atoms with E-state index in [0.29, 0.717) is 19.3 Å². The summed E-state index contributed by atoms with van der Waals surface area (Å²) >= 11 is 0. The van der Waals surface area contributed by atoms with Crippen LogP contribution in [0.5, 0.6) is 0 Å². The maximum atomic E-state index is 12.9. The molecule has 408 valence electrons. The molecule has 0 bridgehead atoms. The van der Waals surface area contributed by atoms with Gasteiger partial charge in [-0.05, 0) is 64.2 Å². The molecule has 0 fully saturated rings. The first-order valence-electron chi connectivity index (χ1n) is 30.6. The van der Waals surface area contributed by atoms with E-state index in [1.165, 1.54) is 199 Å². The van der Waals surface area contributed by atoms with Gasteiger partial charge in [-0.25, -0.2) is 0 Å². The number of ether oxygens (including phenoxy) is 3. The van der Waals surface area contributed by atoms with Gasteiger partial charge in [0.05, 0.1) is 0 Å². The second kappa shape index (κ2) is 58.9. The summed E-state index contributed by atoms with van der Waals surface area (Å²) in [6.45, 7) is 6.64. The Morgan fingerprint density at radius 1 is 0.286 bits per heavy atom. The molecule has 0 aliphatic carbocycles. The highest BCUT2D eigenvalue weighted by Crippen LogP contribution is 2.17. The lowest BCUT2D eigenvalue weighted by Gasteiger charge is -2.18. The van der Waals surface area contributed by atoms with E-state index in [9.17, 15) is 14.4 Å². The summed E-state index contributed by atoms with van der Waals surface area (Å²) in [5.41, 5.74) is 0. The minimum Gasteiger partial charge on any atom is -0.462 e. The standard InChI is InChI=1S/C64H116O6/c1-4-7-10-13-16-19-22-25-28-30-32-34-36-39-42-45-48-51-54-57-63(66)69-60-61(59-68-62(65)56-53-50-47-44-41-38-35-27-24-21-18-15-12-9-6-3)70-64(67)58-55-52-49-46-43-40-37-33-31-29-26-23-20-17-14-11-8-5-2/h16,19,25,28,32,34,39,42,61H,4-15,17-18,20-24,26-27,29-31,33,35-38,40-41,43-60H2,1-3H3/b19-16+,28-25+,34-32+,42-39+/t61-/m1/s1. The van der Waals surface area contributed by atoms with Crippen molar-refractivity contribution in [1.29, 1.82) is 0 Å². The third-order valence-corrected chi connectivity index (χ3v) is 13.6. The number of carbonyl (C=O) groups excluding carboxylic acids is 3. The number of unbranched alkanes of at least 4 members (excludes halogenated alkanes) is 37. The van der Waals surface area contributed by atoms with Crippen molar-refractivity contribution in [2.45, 2.75) is 329 Å². The van der Waals surface area contributed by atoms with Gasteiger partial charge in [-0.2, -0.15) is 0 Å². The van der Waals surface area contributed by atoms with Gasteiger partial charge < -0.3 is 14.2 Å². The van der Waals surface area contributed by atoms with Gasteiger partial charge in [-0.3, -0.25) is 14.4 Å². The first kappa shape index (κ1) is 67.4. The topological polar surface area (TPSA) is 78.9 Å². The maximum Gasteiger partial charge on any atom is 0.306 e. The highest BCUT2D eigenvalue weighted by Gasteiger charge is 2.19. The largest absolute Gasteiger partial charge is 0.462 e. The minimum atomic E-state index is -0.783. The third kappa shape index (κ3) is 56.3. The molecule has 0 aliphatic heterocycles. The van der Waals surface area contributed by atoms with Crippen molar-refractivity contribution in [3.05, 3.63) is 48.6 Å². The van der Waals surface area contributed by atoms with Crippen LogP contribution in [0.2, 0.25) is 0 Å². The zero-order valence-corrected chi connectivity index (χ0v) is 46.8. The van der Waals surface area contributed by atoms with Crippen molar-refractivity contribution >= 4 is 17.9 Å². The third-order valence-electron chi connectivity index (χ3n) is 13.6. The normalized spacial score (nSPS) is 12.3. The molecule has 0 saturated carbocycles. The van der Waals surface area contributed by atoms with Crippen LogP contribution in [0.15, 0.2) is 48.6 Å². The van der Waals surface area contributed by atoms with Crippen molar-refractivity contribution in [3.8, 4) is 0 Å². The van der Waals surface area contributed by atoms with E-state index in [0.717, 1.165) is 83.5 Å². The number of rotatable bonds is 56. The molecule has 6 nitrogen and oxygen atoms in total. The Balaban J connectivity index is 4.39. The van der Waals surface area contributed by atoms with Gasteiger partial charge in [0, 0.05) is 19.3 Å². The number of esters is 3. The van der Waals surface area contributed by atoms with Crippen molar-refractivity contribution in [2.75, 3.05) is 13.2 Å². The number of hydrogen-bond donors (Lipinski definition) is 0. The molecule has 6 heteroatoms. The molecule has 0 heterocycles. The summed E-state index contributed by atoms with van der Waals surface area (Å²) in [5, 5.41) is 0. The zero-order valence-electron chi connectivity index (χ0n) is 46.8. The first-order chi connectivity index (χ1) is 34.5. The van der Waals surface area contributed by atoms with E-state index < -0.39 is 6.10 Å². The molecule has 70 heavy (non-hydrogen) atoms. The van der Waals surface area contributed by atoms with Crippen molar-refractivity contribution in [1.82, 2.24) is 0 Å². The second-order valence-electron chi connectivity index (χ2n) is 20.6. The summed E-state index contributed by atoms with van der Waals surface area (Å²) < 4.78 is 16.9. The molecule has 0 unspecified atom stereocenters. The summed E-state index contributed by atoms with van der Waals surface area (Å²) in [5.74, 6) is -0.890. The van der Waals surface area contributed by atoms with Crippen LogP contribution >= 0.6 is 0 Å². The lowest BCUT2D eigenvalue weighted by Crippen LogP contribution is -2.30. The van der Waals surface area contributed by atoms with Crippen LogP contribution in [-0.2, 0) is 28.6 Å². The quantitative estimate of drug-likeness (QED) is 0.0261. The Morgan fingerprint density at radius 3 is 0.829 bits per heavy atom. The van der Waals surface area contributed by atoms with E-state index >= 15 is 0 Å². The average Bonchev–Trinajstić information content (AvgIpc) is 3.36. The Bertz CT molecular complexity index is 1220. The molecule has 0 rings (SSSR count). The maximum absolute atomic E-state index is 12.9. The highest BCUT2D eigenvalue weighted by molar-refractivity contribution is 5.71. The molecule has 0 aromatic carbocycles. The van der Waals surface area contributed by atoms with E-state index in [-0.39, 0.29) is 31.1 Å². The fraction of sp³-hybridized carbons (Fsp3) is 0.828. The molecule has 0 amide bonds. The van der Waals surface area contributed by atoms with E-state index in [2.05, 4.69) is 69.4 Å². The molecule has 1 atom stereocenters. The predicted molar refractivity (Wildman–Crippen MR) is 302 cm³/mol. The van der Waals surface area contributed by atoms with Crippen LogP contribution in [0.1, 0.15) is 323 Å². The van der Waals surface area contributed by atoms with Gasteiger partial charge in [0.15, 0.2) is 6.10 Å². The fourth-order valence-corrected chi connectivity index (χ4v) is 8.96. The SMILES string of the molecule is CCCCC/C=C/C/C=C/C/C=C/C/C=C/CCCCCC(=O)OC[C@@H](COC(=O)CCCCCCCCCCCCCCCCC)OC(=O)CCCCCCCCCCCCCCCCCCCC. The fourth-order valence-electron chi connectivity index (χ4n) is 8.96. The Morgan fingerprint density at radius 2 is 0.514 bits per heavy atom.